The molecule has 3 aromatic rings. The van der Waals surface area contributed by atoms with Gasteiger partial charge in [-0.05, 0) is 48.7 Å². The van der Waals surface area contributed by atoms with Gasteiger partial charge in [-0.15, -0.1) is 0 Å². The Labute approximate surface area is 184 Å². The summed E-state index contributed by atoms with van der Waals surface area (Å²) in [5.74, 6) is 2.15. The van der Waals surface area contributed by atoms with Gasteiger partial charge in [-0.1, -0.05) is 68.1 Å². The molecule has 162 valence electrons. The monoisotopic (exact) mass is 418 g/mol. The van der Waals surface area contributed by atoms with Crippen LogP contribution in [0.1, 0.15) is 48.5 Å². The number of carbonyl (C=O) groups excluding carboxylic acids is 1. The van der Waals surface area contributed by atoms with Crippen LogP contribution in [0.15, 0.2) is 60.7 Å². The van der Waals surface area contributed by atoms with E-state index >= 15 is 0 Å². The zero-order valence-electron chi connectivity index (χ0n) is 18.5. The van der Waals surface area contributed by atoms with Crippen molar-refractivity contribution in [3.05, 3.63) is 71.8 Å². The highest BCUT2D eigenvalue weighted by molar-refractivity contribution is 5.78. The maximum atomic E-state index is 11.4. The van der Waals surface area contributed by atoms with Crippen LogP contribution in [0.4, 0.5) is 0 Å². The predicted molar refractivity (Wildman–Crippen MR) is 125 cm³/mol. The van der Waals surface area contributed by atoms with Gasteiger partial charge in [0.15, 0.2) is 11.5 Å². The van der Waals surface area contributed by atoms with Gasteiger partial charge in [0, 0.05) is 5.56 Å². The summed E-state index contributed by atoms with van der Waals surface area (Å²) in [6, 6.07) is 19.6. The number of methoxy groups -OCH3 is 1. The van der Waals surface area contributed by atoms with Gasteiger partial charge in [0.05, 0.1) is 13.7 Å². The minimum absolute atomic E-state index is 0.472. The molecular weight excluding hydrogens is 388 g/mol. The third kappa shape index (κ3) is 6.11. The average Bonchev–Trinajstić information content (AvgIpc) is 2.80. The van der Waals surface area contributed by atoms with E-state index in [1.807, 2.05) is 24.3 Å². The maximum absolute atomic E-state index is 11.4. The van der Waals surface area contributed by atoms with Crippen molar-refractivity contribution >= 4 is 6.29 Å². The first-order valence-electron chi connectivity index (χ1n) is 10.8. The lowest BCUT2D eigenvalue weighted by atomic mass is 10.0. The zero-order chi connectivity index (χ0) is 22.1. The summed E-state index contributed by atoms with van der Waals surface area (Å²) in [7, 11) is 1.56. The van der Waals surface area contributed by atoms with E-state index in [9.17, 15) is 4.79 Å². The van der Waals surface area contributed by atoms with Gasteiger partial charge < -0.3 is 14.2 Å². The number of hydrogen-bond donors (Lipinski definition) is 0. The summed E-state index contributed by atoms with van der Waals surface area (Å²) in [5, 5.41) is 0. The Morgan fingerprint density at radius 2 is 1.48 bits per heavy atom. The summed E-state index contributed by atoms with van der Waals surface area (Å²) in [6.45, 7) is 4.82. The summed E-state index contributed by atoms with van der Waals surface area (Å²) in [5.41, 5.74) is 3.97. The minimum Gasteiger partial charge on any atom is -0.493 e. The van der Waals surface area contributed by atoms with Crippen LogP contribution in [-0.2, 0) is 0 Å². The molecule has 0 aliphatic rings. The van der Waals surface area contributed by atoms with Crippen LogP contribution in [0, 0.1) is 6.92 Å². The molecule has 0 spiro atoms. The fourth-order valence-corrected chi connectivity index (χ4v) is 3.33. The van der Waals surface area contributed by atoms with Crippen LogP contribution in [0.5, 0.6) is 23.0 Å². The molecule has 0 fully saturated rings. The normalized spacial score (nSPS) is 10.5. The summed E-state index contributed by atoms with van der Waals surface area (Å²) >= 11 is 0. The molecule has 0 aliphatic heterocycles. The third-order valence-electron chi connectivity index (χ3n) is 5.11. The van der Waals surface area contributed by atoms with Crippen molar-refractivity contribution in [1.82, 2.24) is 0 Å². The summed E-state index contributed by atoms with van der Waals surface area (Å²) in [4.78, 5) is 11.4. The Morgan fingerprint density at radius 3 is 2.10 bits per heavy atom. The number of hydrogen-bond acceptors (Lipinski definition) is 4. The fourth-order valence-electron chi connectivity index (χ4n) is 3.33. The molecule has 4 heteroatoms. The number of ether oxygens (including phenoxy) is 3. The number of rotatable bonds is 11. The lowest BCUT2D eigenvalue weighted by molar-refractivity contribution is 0.112. The van der Waals surface area contributed by atoms with E-state index < -0.39 is 0 Å². The Bertz CT molecular complexity index is 975. The highest BCUT2D eigenvalue weighted by Crippen LogP contribution is 2.41. The lowest BCUT2D eigenvalue weighted by Gasteiger charge is -2.16. The molecule has 0 unspecified atom stereocenters. The van der Waals surface area contributed by atoms with Crippen LogP contribution in [0.2, 0.25) is 0 Å². The predicted octanol–water partition coefficient (Wildman–Crippen LogP) is 7.23. The van der Waals surface area contributed by atoms with E-state index in [0.29, 0.717) is 35.2 Å². The highest BCUT2D eigenvalue weighted by atomic mass is 16.5. The van der Waals surface area contributed by atoms with Crippen LogP contribution < -0.4 is 14.2 Å². The van der Waals surface area contributed by atoms with E-state index in [4.69, 9.17) is 14.2 Å². The van der Waals surface area contributed by atoms with Crippen molar-refractivity contribution in [2.24, 2.45) is 0 Å². The SMILES string of the molecule is CCCCCCOc1c(OC)cc(C=O)cc1Oc1ccc(-c2ccc(C)cc2)cc1. The van der Waals surface area contributed by atoms with E-state index in [1.165, 1.54) is 18.4 Å². The molecule has 0 aromatic heterocycles. The molecule has 3 aromatic carbocycles. The molecular formula is C27H30O4. The van der Waals surface area contributed by atoms with E-state index in [-0.39, 0.29) is 0 Å². The standard InChI is InChI=1S/C27H30O4/c1-4-5-6-7-16-30-27-25(29-3)17-21(19-28)18-26(27)31-24-14-12-23(13-15-24)22-10-8-20(2)9-11-22/h8-15,17-19H,4-7,16H2,1-3H3. The number of benzene rings is 3. The van der Waals surface area contributed by atoms with E-state index in [2.05, 4.69) is 38.1 Å². The lowest BCUT2D eigenvalue weighted by Crippen LogP contribution is -2.02. The molecule has 0 radical (unpaired) electrons. The number of aldehydes is 1. The quantitative estimate of drug-likeness (QED) is 0.243. The van der Waals surface area contributed by atoms with Gasteiger partial charge >= 0.3 is 0 Å². The smallest absolute Gasteiger partial charge is 0.204 e. The maximum Gasteiger partial charge on any atom is 0.204 e. The second-order valence-corrected chi connectivity index (χ2v) is 7.57. The summed E-state index contributed by atoms with van der Waals surface area (Å²) < 4.78 is 17.6. The Hall–Kier alpha value is -3.27. The first-order valence-corrected chi connectivity index (χ1v) is 10.8. The molecule has 0 heterocycles. The molecule has 0 atom stereocenters. The summed E-state index contributed by atoms with van der Waals surface area (Å²) in [6.07, 6.45) is 5.20. The molecule has 3 rings (SSSR count). The zero-order valence-corrected chi connectivity index (χ0v) is 18.5. The van der Waals surface area contributed by atoms with Gasteiger partial charge in [-0.3, -0.25) is 4.79 Å². The Balaban J connectivity index is 1.81. The number of carbonyl (C=O) groups is 1. The van der Waals surface area contributed by atoms with Crippen molar-refractivity contribution < 1.29 is 19.0 Å². The van der Waals surface area contributed by atoms with Crippen molar-refractivity contribution in [3.8, 4) is 34.1 Å². The van der Waals surface area contributed by atoms with Gasteiger partial charge in [0.25, 0.3) is 0 Å². The molecule has 0 saturated carbocycles. The molecule has 0 saturated heterocycles. The van der Waals surface area contributed by atoms with Crippen molar-refractivity contribution in [2.45, 2.75) is 39.5 Å². The average molecular weight is 419 g/mol. The van der Waals surface area contributed by atoms with Gasteiger partial charge in [0.2, 0.25) is 5.75 Å². The first-order chi connectivity index (χ1) is 15.1. The van der Waals surface area contributed by atoms with Crippen molar-refractivity contribution in [2.75, 3.05) is 13.7 Å². The number of unbranched alkanes of at least 4 members (excludes halogenated alkanes) is 3. The van der Waals surface area contributed by atoms with Crippen LogP contribution in [-0.4, -0.2) is 20.0 Å². The topological polar surface area (TPSA) is 44.8 Å². The fraction of sp³-hybridized carbons (Fsp3) is 0.296. The van der Waals surface area contributed by atoms with Gasteiger partial charge in [-0.2, -0.15) is 0 Å². The minimum atomic E-state index is 0.472. The van der Waals surface area contributed by atoms with Crippen LogP contribution in [0.25, 0.3) is 11.1 Å². The molecule has 0 amide bonds. The van der Waals surface area contributed by atoms with Crippen molar-refractivity contribution in [3.63, 3.8) is 0 Å². The van der Waals surface area contributed by atoms with E-state index in [1.54, 1.807) is 19.2 Å². The largest absolute Gasteiger partial charge is 0.493 e. The molecule has 31 heavy (non-hydrogen) atoms. The third-order valence-corrected chi connectivity index (χ3v) is 5.11. The number of aryl methyl sites for hydroxylation is 1. The molecule has 0 aliphatic carbocycles. The Kier molecular flexibility index (Phi) is 8.11. The first kappa shape index (κ1) is 22.4. The second-order valence-electron chi connectivity index (χ2n) is 7.57. The van der Waals surface area contributed by atoms with Gasteiger partial charge in [0.1, 0.15) is 12.0 Å². The molecule has 0 N–H and O–H groups in total. The molecule has 4 nitrogen and oxygen atoms in total. The van der Waals surface area contributed by atoms with Crippen molar-refractivity contribution in [1.29, 1.82) is 0 Å². The Morgan fingerprint density at radius 1 is 0.839 bits per heavy atom. The van der Waals surface area contributed by atoms with E-state index in [0.717, 1.165) is 30.3 Å². The molecule has 0 bridgehead atoms. The van der Waals surface area contributed by atoms with Crippen LogP contribution in [0.3, 0.4) is 0 Å². The van der Waals surface area contributed by atoms with Crippen LogP contribution >= 0.6 is 0 Å². The second kappa shape index (κ2) is 11.2. The van der Waals surface area contributed by atoms with Gasteiger partial charge in [-0.25, -0.2) is 0 Å². The highest BCUT2D eigenvalue weighted by Gasteiger charge is 2.16.